The molecule has 3 nitrogen and oxygen atoms in total. The van der Waals surface area contributed by atoms with E-state index in [0.29, 0.717) is 12.1 Å². The van der Waals surface area contributed by atoms with E-state index in [1.54, 1.807) is 0 Å². The molecule has 1 aromatic carbocycles. The first-order valence-electron chi connectivity index (χ1n) is 3.78. The van der Waals surface area contributed by atoms with Gasteiger partial charge in [0.15, 0.2) is 11.6 Å². The predicted molar refractivity (Wildman–Crippen MR) is 43.4 cm³/mol. The van der Waals surface area contributed by atoms with Crippen LogP contribution in [-0.4, -0.2) is 11.5 Å². The lowest BCUT2D eigenvalue weighted by Crippen LogP contribution is -2.18. The van der Waals surface area contributed by atoms with Crippen molar-refractivity contribution in [1.29, 1.82) is 0 Å². The lowest BCUT2D eigenvalue weighted by atomic mass is 10.2. The average Bonchev–Trinajstić information content (AvgIpc) is 2.08. The van der Waals surface area contributed by atoms with Crippen LogP contribution in [0.4, 0.5) is 23.2 Å². The Hall–Kier alpha value is -1.50. The van der Waals surface area contributed by atoms with E-state index in [9.17, 15) is 17.6 Å². The number of hydrogen-bond donors (Lipinski definition) is 2. The average molecular weight is 225 g/mol. The van der Waals surface area contributed by atoms with Gasteiger partial charge in [-0.05, 0) is 6.07 Å². The molecule has 0 fully saturated rings. The summed E-state index contributed by atoms with van der Waals surface area (Å²) in [5.41, 5.74) is 5.08. The molecule has 0 bridgehead atoms. The van der Waals surface area contributed by atoms with E-state index in [1.807, 2.05) is 0 Å². The maximum absolute atomic E-state index is 13.0. The smallest absolute Gasteiger partial charge is 0.403 e. The quantitative estimate of drug-likeness (QED) is 0.596. The van der Waals surface area contributed by atoms with E-state index >= 15 is 0 Å². The van der Waals surface area contributed by atoms with Crippen molar-refractivity contribution in [2.45, 2.75) is 13.0 Å². The zero-order valence-corrected chi connectivity index (χ0v) is 7.31. The van der Waals surface area contributed by atoms with E-state index < -0.39 is 24.5 Å². The van der Waals surface area contributed by atoms with Gasteiger partial charge in [-0.2, -0.15) is 0 Å². The minimum absolute atomic E-state index is 0.00187. The van der Waals surface area contributed by atoms with E-state index in [2.05, 4.69) is 4.74 Å². The Morgan fingerprint density at radius 1 is 1.33 bits per heavy atom. The van der Waals surface area contributed by atoms with Crippen LogP contribution in [0.5, 0.6) is 5.75 Å². The summed E-state index contributed by atoms with van der Waals surface area (Å²) in [4.78, 5) is 0. The Kier molecular flexibility index (Phi) is 3.04. The van der Waals surface area contributed by atoms with Crippen LogP contribution in [0.15, 0.2) is 12.1 Å². The first-order valence-corrected chi connectivity index (χ1v) is 3.78. The summed E-state index contributed by atoms with van der Waals surface area (Å²) >= 11 is 0. The fourth-order valence-corrected chi connectivity index (χ4v) is 0.950. The SMILES string of the molecule is Nc1cc(OC(F)(F)F)c(F)cc1CO. The molecular formula is C8H7F4NO2. The van der Waals surface area contributed by atoms with Gasteiger partial charge in [-0.3, -0.25) is 0 Å². The Morgan fingerprint density at radius 3 is 2.40 bits per heavy atom. The van der Waals surface area contributed by atoms with Crippen LogP contribution < -0.4 is 10.5 Å². The second-order valence-electron chi connectivity index (χ2n) is 2.69. The van der Waals surface area contributed by atoms with Crippen LogP contribution in [0.3, 0.4) is 0 Å². The van der Waals surface area contributed by atoms with Gasteiger partial charge in [-0.1, -0.05) is 0 Å². The zero-order valence-electron chi connectivity index (χ0n) is 7.31. The highest BCUT2D eigenvalue weighted by Gasteiger charge is 2.32. The molecule has 0 saturated carbocycles. The summed E-state index contributed by atoms with van der Waals surface area (Å²) in [7, 11) is 0. The third kappa shape index (κ3) is 2.98. The Morgan fingerprint density at radius 2 is 1.93 bits per heavy atom. The first-order chi connectivity index (χ1) is 6.83. The molecule has 0 saturated heterocycles. The topological polar surface area (TPSA) is 55.5 Å². The van der Waals surface area contributed by atoms with Crippen LogP contribution in [0.25, 0.3) is 0 Å². The van der Waals surface area contributed by atoms with Gasteiger partial charge in [0.05, 0.1) is 6.61 Å². The predicted octanol–water partition coefficient (Wildman–Crippen LogP) is 1.80. The molecule has 15 heavy (non-hydrogen) atoms. The Balaban J connectivity index is 3.05. The summed E-state index contributed by atoms with van der Waals surface area (Å²) in [5, 5.41) is 8.66. The second kappa shape index (κ2) is 3.93. The molecule has 0 radical (unpaired) electrons. The lowest BCUT2D eigenvalue weighted by molar-refractivity contribution is -0.275. The first kappa shape index (κ1) is 11.6. The molecule has 0 spiro atoms. The molecule has 0 aliphatic carbocycles. The fourth-order valence-electron chi connectivity index (χ4n) is 0.950. The second-order valence-corrected chi connectivity index (χ2v) is 2.69. The van der Waals surface area contributed by atoms with Crippen molar-refractivity contribution in [3.8, 4) is 5.75 Å². The summed E-state index contributed by atoms with van der Waals surface area (Å²) in [6.45, 7) is -0.560. The number of ether oxygens (including phenoxy) is 1. The number of anilines is 1. The van der Waals surface area contributed by atoms with E-state index in [0.717, 1.165) is 0 Å². The molecule has 3 N–H and O–H groups in total. The van der Waals surface area contributed by atoms with Gasteiger partial charge < -0.3 is 15.6 Å². The molecule has 0 aliphatic rings. The highest BCUT2D eigenvalue weighted by molar-refractivity contribution is 5.51. The van der Waals surface area contributed by atoms with Crippen LogP contribution in [0.1, 0.15) is 5.56 Å². The zero-order chi connectivity index (χ0) is 11.6. The number of benzene rings is 1. The van der Waals surface area contributed by atoms with Gasteiger partial charge in [-0.25, -0.2) is 4.39 Å². The van der Waals surface area contributed by atoms with Crippen LogP contribution in [-0.2, 0) is 6.61 Å². The molecule has 0 heterocycles. The highest BCUT2D eigenvalue weighted by Crippen LogP contribution is 2.29. The number of nitrogen functional groups attached to an aromatic ring is 1. The summed E-state index contributed by atoms with van der Waals surface area (Å²) < 4.78 is 51.6. The molecule has 0 aliphatic heterocycles. The molecule has 0 aromatic heterocycles. The van der Waals surface area contributed by atoms with Crippen molar-refractivity contribution in [3.05, 3.63) is 23.5 Å². The van der Waals surface area contributed by atoms with Gasteiger partial charge >= 0.3 is 6.36 Å². The van der Waals surface area contributed by atoms with E-state index in [-0.39, 0.29) is 11.3 Å². The minimum Gasteiger partial charge on any atom is -0.403 e. The van der Waals surface area contributed by atoms with Crippen molar-refractivity contribution in [2.75, 3.05) is 5.73 Å². The summed E-state index contributed by atoms with van der Waals surface area (Å²) in [6.07, 6.45) is -4.98. The lowest BCUT2D eigenvalue weighted by Gasteiger charge is -2.11. The van der Waals surface area contributed by atoms with Crippen molar-refractivity contribution in [3.63, 3.8) is 0 Å². The van der Waals surface area contributed by atoms with Crippen molar-refractivity contribution < 1.29 is 27.4 Å². The van der Waals surface area contributed by atoms with E-state index in [1.165, 1.54) is 0 Å². The minimum atomic E-state index is -4.98. The molecule has 84 valence electrons. The van der Waals surface area contributed by atoms with Gasteiger partial charge in [0.2, 0.25) is 0 Å². The number of halogens is 4. The third-order valence-corrected chi connectivity index (χ3v) is 1.59. The molecule has 0 atom stereocenters. The number of rotatable bonds is 2. The van der Waals surface area contributed by atoms with Gasteiger partial charge in [0, 0.05) is 17.3 Å². The summed E-state index contributed by atoms with van der Waals surface area (Å²) in [5.74, 6) is -2.25. The number of aliphatic hydroxyl groups is 1. The number of alkyl halides is 3. The van der Waals surface area contributed by atoms with Crippen molar-refractivity contribution >= 4 is 5.69 Å². The normalized spacial score (nSPS) is 11.5. The van der Waals surface area contributed by atoms with Gasteiger partial charge in [-0.15, -0.1) is 13.2 Å². The van der Waals surface area contributed by atoms with E-state index in [4.69, 9.17) is 10.8 Å². The third-order valence-electron chi connectivity index (χ3n) is 1.59. The monoisotopic (exact) mass is 225 g/mol. The largest absolute Gasteiger partial charge is 0.573 e. The van der Waals surface area contributed by atoms with Gasteiger partial charge in [0.1, 0.15) is 0 Å². The maximum atomic E-state index is 13.0. The number of aliphatic hydroxyl groups excluding tert-OH is 1. The maximum Gasteiger partial charge on any atom is 0.573 e. The standard InChI is InChI=1S/C8H7F4NO2/c9-5-1-4(3-14)6(13)2-7(5)15-8(10,11)12/h1-2,14H,3,13H2. The fraction of sp³-hybridized carbons (Fsp3) is 0.250. The molecule has 0 unspecified atom stereocenters. The molecule has 1 rings (SSSR count). The molecule has 7 heteroatoms. The Bertz CT molecular complexity index is 364. The van der Waals surface area contributed by atoms with Crippen molar-refractivity contribution in [1.82, 2.24) is 0 Å². The molecule has 0 amide bonds. The summed E-state index contributed by atoms with van der Waals surface area (Å²) in [6, 6.07) is 1.37. The highest BCUT2D eigenvalue weighted by atomic mass is 19.4. The van der Waals surface area contributed by atoms with Crippen molar-refractivity contribution in [2.24, 2.45) is 0 Å². The van der Waals surface area contributed by atoms with Crippen LogP contribution in [0, 0.1) is 5.82 Å². The van der Waals surface area contributed by atoms with Crippen LogP contribution in [0.2, 0.25) is 0 Å². The Labute approximate surface area is 82.1 Å². The molecule has 1 aromatic rings. The number of hydrogen-bond acceptors (Lipinski definition) is 3. The molecular weight excluding hydrogens is 218 g/mol. The van der Waals surface area contributed by atoms with Gasteiger partial charge in [0.25, 0.3) is 0 Å². The van der Waals surface area contributed by atoms with Crippen LogP contribution >= 0.6 is 0 Å². The number of nitrogens with two attached hydrogens (primary N) is 1.